The Morgan fingerprint density at radius 1 is 1.16 bits per heavy atom. The number of pyridine rings is 1. The quantitative estimate of drug-likeness (QED) is 0.851. The zero-order chi connectivity index (χ0) is 18.1. The van der Waals surface area contributed by atoms with E-state index < -0.39 is 5.60 Å². The number of amides is 1. The van der Waals surface area contributed by atoms with E-state index in [1.807, 2.05) is 56.3 Å². The van der Waals surface area contributed by atoms with E-state index in [-0.39, 0.29) is 11.3 Å². The molecule has 0 unspecified atom stereocenters. The Labute approximate surface area is 153 Å². The predicted molar refractivity (Wildman–Crippen MR) is 101 cm³/mol. The van der Waals surface area contributed by atoms with Crippen molar-refractivity contribution in [3.8, 4) is 0 Å². The fourth-order valence-corrected chi connectivity index (χ4v) is 3.77. The van der Waals surface area contributed by atoms with Gasteiger partial charge in [0.05, 0.1) is 17.2 Å². The lowest BCUT2D eigenvalue weighted by molar-refractivity contribution is -0.0108. The molecule has 1 fully saturated rings. The molecule has 4 nitrogen and oxygen atoms in total. The Bertz CT molecular complexity index is 726. The third kappa shape index (κ3) is 3.88. The van der Waals surface area contributed by atoms with Crippen LogP contribution in [0.5, 0.6) is 0 Å². The second kappa shape index (κ2) is 6.81. The van der Waals surface area contributed by atoms with Crippen LogP contribution in [0.2, 0.25) is 0 Å². The van der Waals surface area contributed by atoms with Crippen LogP contribution in [0.4, 0.5) is 0 Å². The molecule has 2 aromatic rings. The highest BCUT2D eigenvalue weighted by atomic mass is 32.2. The van der Waals surface area contributed by atoms with Gasteiger partial charge in [-0.1, -0.05) is 32.0 Å². The number of β-amino-alcohol motifs (C(OH)–C–C–N with tert-alkyl or cyclic N) is 1. The summed E-state index contributed by atoms with van der Waals surface area (Å²) in [5, 5.41) is 11.5. The van der Waals surface area contributed by atoms with Crippen molar-refractivity contribution < 1.29 is 9.90 Å². The summed E-state index contributed by atoms with van der Waals surface area (Å²) in [5.41, 5.74) is 0.658. The van der Waals surface area contributed by atoms with E-state index in [1.54, 1.807) is 29.8 Å². The largest absolute Gasteiger partial charge is 0.388 e. The van der Waals surface area contributed by atoms with E-state index in [1.165, 1.54) is 0 Å². The number of hydrogen-bond donors (Lipinski definition) is 1. The molecule has 0 bridgehead atoms. The molecule has 0 saturated carbocycles. The van der Waals surface area contributed by atoms with Gasteiger partial charge in [-0.15, -0.1) is 11.8 Å². The van der Waals surface area contributed by atoms with E-state index >= 15 is 0 Å². The molecule has 1 saturated heterocycles. The fraction of sp³-hybridized carbons (Fsp3) is 0.400. The second-order valence-corrected chi connectivity index (χ2v) is 8.47. The van der Waals surface area contributed by atoms with Crippen LogP contribution in [0, 0.1) is 5.41 Å². The maximum absolute atomic E-state index is 12.7. The van der Waals surface area contributed by atoms with Gasteiger partial charge in [0.1, 0.15) is 0 Å². The second-order valence-electron chi connectivity index (χ2n) is 7.47. The van der Waals surface area contributed by atoms with Crippen LogP contribution >= 0.6 is 11.8 Å². The standard InChI is InChI=1S/C20H24N2O2S/c1-19(2)13-22(14-20(19,3)24)18(23)16-9-7-15(8-10-16)12-25-17-6-4-5-11-21-17/h4-11,24H,12-14H2,1-3H3/t20-/m0/s1. The molecule has 3 rings (SSSR count). The zero-order valence-electron chi connectivity index (χ0n) is 14.9. The summed E-state index contributed by atoms with van der Waals surface area (Å²) in [5.74, 6) is 0.798. The summed E-state index contributed by atoms with van der Waals surface area (Å²) in [6, 6.07) is 13.6. The molecule has 1 amide bonds. The van der Waals surface area contributed by atoms with E-state index in [9.17, 15) is 9.90 Å². The van der Waals surface area contributed by atoms with Crippen LogP contribution in [-0.4, -0.2) is 39.6 Å². The molecule has 0 aliphatic carbocycles. The summed E-state index contributed by atoms with van der Waals surface area (Å²) in [6.45, 7) is 6.74. The number of carbonyl (C=O) groups excluding carboxylic acids is 1. The van der Waals surface area contributed by atoms with Crippen LogP contribution in [-0.2, 0) is 5.75 Å². The molecule has 1 aromatic carbocycles. The lowest BCUT2D eigenvalue weighted by Gasteiger charge is -2.30. The molecule has 5 heteroatoms. The molecule has 1 atom stereocenters. The maximum Gasteiger partial charge on any atom is 0.253 e. The van der Waals surface area contributed by atoms with Gasteiger partial charge in [-0.25, -0.2) is 4.98 Å². The number of likely N-dealkylation sites (tertiary alicyclic amines) is 1. The van der Waals surface area contributed by atoms with Crippen molar-refractivity contribution >= 4 is 17.7 Å². The predicted octanol–water partition coefficient (Wildman–Crippen LogP) is 3.61. The molecule has 0 radical (unpaired) electrons. The van der Waals surface area contributed by atoms with E-state index in [4.69, 9.17) is 0 Å². The zero-order valence-corrected chi connectivity index (χ0v) is 15.7. The Kier molecular flexibility index (Phi) is 4.89. The van der Waals surface area contributed by atoms with Gasteiger partial charge in [-0.3, -0.25) is 4.79 Å². The van der Waals surface area contributed by atoms with E-state index in [0.29, 0.717) is 18.7 Å². The first-order chi connectivity index (χ1) is 11.8. The first-order valence-corrected chi connectivity index (χ1v) is 9.41. The smallest absolute Gasteiger partial charge is 0.253 e. The van der Waals surface area contributed by atoms with Crippen molar-refractivity contribution in [2.45, 2.75) is 37.2 Å². The molecule has 25 heavy (non-hydrogen) atoms. The topological polar surface area (TPSA) is 53.4 Å². The first-order valence-electron chi connectivity index (χ1n) is 8.43. The van der Waals surface area contributed by atoms with Crippen LogP contribution in [0.1, 0.15) is 36.7 Å². The number of rotatable bonds is 4. The van der Waals surface area contributed by atoms with Crippen molar-refractivity contribution in [3.05, 3.63) is 59.8 Å². The van der Waals surface area contributed by atoms with Gasteiger partial charge in [-0.2, -0.15) is 0 Å². The number of aromatic nitrogens is 1. The Morgan fingerprint density at radius 2 is 1.88 bits per heavy atom. The molecule has 132 valence electrons. The SMILES string of the molecule is CC1(C)CN(C(=O)c2ccc(CSc3ccccn3)cc2)C[C@]1(C)O. The normalized spacial score (nSPS) is 22.2. The number of hydrogen-bond acceptors (Lipinski definition) is 4. The highest BCUT2D eigenvalue weighted by molar-refractivity contribution is 7.98. The molecule has 1 aromatic heterocycles. The average Bonchev–Trinajstić information content (AvgIpc) is 2.81. The Hall–Kier alpha value is -1.85. The van der Waals surface area contributed by atoms with Crippen LogP contribution in [0.25, 0.3) is 0 Å². The Balaban J connectivity index is 1.63. The Morgan fingerprint density at radius 3 is 2.44 bits per heavy atom. The molecule has 0 spiro atoms. The van der Waals surface area contributed by atoms with Crippen molar-refractivity contribution in [1.82, 2.24) is 9.88 Å². The maximum atomic E-state index is 12.7. The summed E-state index contributed by atoms with van der Waals surface area (Å²) >= 11 is 1.67. The van der Waals surface area contributed by atoms with Gasteiger partial charge in [-0.05, 0) is 36.8 Å². The molecular weight excluding hydrogens is 332 g/mol. The monoisotopic (exact) mass is 356 g/mol. The van der Waals surface area contributed by atoms with Crippen LogP contribution < -0.4 is 0 Å². The first kappa shape index (κ1) is 18.0. The summed E-state index contributed by atoms with van der Waals surface area (Å²) in [7, 11) is 0. The number of nitrogens with zero attached hydrogens (tertiary/aromatic N) is 2. The molecule has 1 N–H and O–H groups in total. The summed E-state index contributed by atoms with van der Waals surface area (Å²) < 4.78 is 0. The number of aliphatic hydroxyl groups is 1. The van der Waals surface area contributed by atoms with Crippen LogP contribution in [0.15, 0.2) is 53.7 Å². The molecule has 1 aliphatic heterocycles. The third-order valence-electron chi connectivity index (χ3n) is 5.06. The van der Waals surface area contributed by atoms with Gasteiger partial charge in [0, 0.05) is 29.5 Å². The minimum Gasteiger partial charge on any atom is -0.388 e. The van der Waals surface area contributed by atoms with E-state index in [2.05, 4.69) is 4.98 Å². The number of thioether (sulfide) groups is 1. The van der Waals surface area contributed by atoms with Gasteiger partial charge in [0.15, 0.2) is 0 Å². The van der Waals surface area contributed by atoms with Gasteiger partial charge in [0.25, 0.3) is 5.91 Å². The highest BCUT2D eigenvalue weighted by Gasteiger charge is 2.49. The lowest BCUT2D eigenvalue weighted by atomic mass is 9.79. The van der Waals surface area contributed by atoms with Gasteiger partial charge < -0.3 is 10.0 Å². The molecule has 2 heterocycles. The minimum absolute atomic E-state index is 0.0187. The van der Waals surface area contributed by atoms with Crippen molar-refractivity contribution in [3.63, 3.8) is 0 Å². The van der Waals surface area contributed by atoms with Gasteiger partial charge in [0.2, 0.25) is 0 Å². The number of benzene rings is 1. The van der Waals surface area contributed by atoms with Crippen molar-refractivity contribution in [2.75, 3.05) is 13.1 Å². The lowest BCUT2D eigenvalue weighted by Crippen LogP contribution is -2.40. The summed E-state index contributed by atoms with van der Waals surface area (Å²) in [6.07, 6.45) is 1.79. The van der Waals surface area contributed by atoms with Crippen molar-refractivity contribution in [1.29, 1.82) is 0 Å². The van der Waals surface area contributed by atoms with Crippen molar-refractivity contribution in [2.24, 2.45) is 5.41 Å². The third-order valence-corrected chi connectivity index (χ3v) is 6.07. The van der Waals surface area contributed by atoms with Gasteiger partial charge >= 0.3 is 0 Å². The molecular formula is C20H24N2O2S. The molecule has 1 aliphatic rings. The highest BCUT2D eigenvalue weighted by Crippen LogP contribution is 2.38. The number of carbonyl (C=O) groups is 1. The minimum atomic E-state index is -0.859. The average molecular weight is 356 g/mol. The summed E-state index contributed by atoms with van der Waals surface area (Å²) in [4.78, 5) is 18.8. The van der Waals surface area contributed by atoms with E-state index in [0.717, 1.165) is 16.3 Å². The van der Waals surface area contributed by atoms with Crippen LogP contribution in [0.3, 0.4) is 0 Å². The fourth-order valence-electron chi connectivity index (χ4n) is 2.95.